The normalized spacial score (nSPS) is 17.1. The fourth-order valence-electron chi connectivity index (χ4n) is 3.50. The smallest absolute Gasteiger partial charge is 0.321 e. The zero-order valence-electron chi connectivity index (χ0n) is 15.9. The average Bonchev–Trinajstić information content (AvgIpc) is 2.73. The number of benzene rings is 2. The minimum atomic E-state index is -0.828. The monoisotopic (exact) mass is 396 g/mol. The lowest BCUT2D eigenvalue weighted by Crippen LogP contribution is -2.41. The minimum Gasteiger partial charge on any atom is -0.424 e. The van der Waals surface area contributed by atoms with Crippen LogP contribution < -0.4 is 10.1 Å². The molecule has 150 valence electrons. The van der Waals surface area contributed by atoms with Gasteiger partial charge in [0.15, 0.2) is 11.6 Å². The van der Waals surface area contributed by atoms with Gasteiger partial charge in [0.2, 0.25) is 0 Å². The van der Waals surface area contributed by atoms with Gasteiger partial charge < -0.3 is 10.1 Å². The molecule has 3 aromatic rings. The summed E-state index contributed by atoms with van der Waals surface area (Å²) in [6.45, 7) is 2.67. The highest BCUT2D eigenvalue weighted by Gasteiger charge is 2.20. The highest BCUT2D eigenvalue weighted by molar-refractivity contribution is 5.44. The number of nitrogens with one attached hydrogen (secondary N) is 1. The summed E-state index contributed by atoms with van der Waals surface area (Å²) in [7, 11) is 0. The maximum atomic E-state index is 13.4. The number of hydrogen-bond acceptors (Lipinski definition) is 5. The van der Waals surface area contributed by atoms with Crippen LogP contribution in [-0.2, 0) is 6.54 Å². The van der Waals surface area contributed by atoms with Gasteiger partial charge in [0.25, 0.3) is 0 Å². The molecule has 7 heteroatoms. The molecule has 1 fully saturated rings. The summed E-state index contributed by atoms with van der Waals surface area (Å²) >= 11 is 0. The Bertz CT molecular complexity index is 937. The van der Waals surface area contributed by atoms with E-state index in [9.17, 15) is 8.78 Å². The Morgan fingerprint density at radius 3 is 2.59 bits per heavy atom. The van der Waals surface area contributed by atoms with Gasteiger partial charge in [0.1, 0.15) is 5.75 Å². The number of aromatic nitrogens is 2. The second-order valence-electron chi connectivity index (χ2n) is 7.12. The second kappa shape index (κ2) is 8.96. The van der Waals surface area contributed by atoms with Gasteiger partial charge in [0.05, 0.1) is 0 Å². The topological polar surface area (TPSA) is 50.3 Å². The number of hydrogen-bond donors (Lipinski definition) is 1. The van der Waals surface area contributed by atoms with Crippen molar-refractivity contribution in [1.82, 2.24) is 14.9 Å². The molecule has 2 heterocycles. The Kier molecular flexibility index (Phi) is 5.95. The Morgan fingerprint density at radius 1 is 1.03 bits per heavy atom. The fraction of sp³-hybridized carbons (Fsp3) is 0.273. The van der Waals surface area contributed by atoms with E-state index in [1.54, 1.807) is 24.5 Å². The first-order chi connectivity index (χ1) is 14.2. The van der Waals surface area contributed by atoms with E-state index in [2.05, 4.69) is 20.2 Å². The fourth-order valence-corrected chi connectivity index (χ4v) is 3.50. The molecular formula is C22H22F2N4O. The van der Waals surface area contributed by atoms with E-state index in [-0.39, 0.29) is 6.04 Å². The van der Waals surface area contributed by atoms with E-state index in [1.165, 1.54) is 11.6 Å². The molecule has 0 aliphatic carbocycles. The molecule has 1 N–H and O–H groups in total. The Labute approximate surface area is 168 Å². The van der Waals surface area contributed by atoms with Crippen LogP contribution in [0.25, 0.3) is 0 Å². The molecule has 0 radical (unpaired) electrons. The number of ether oxygens (including phenoxy) is 1. The third kappa shape index (κ3) is 5.26. The molecule has 5 nitrogen and oxygen atoms in total. The first kappa shape index (κ1) is 19.3. The van der Waals surface area contributed by atoms with Crippen LogP contribution in [-0.4, -0.2) is 34.0 Å². The summed E-state index contributed by atoms with van der Waals surface area (Å²) in [4.78, 5) is 10.5. The number of piperidine rings is 1. The number of halogens is 2. The van der Waals surface area contributed by atoms with Gasteiger partial charge in [-0.2, -0.15) is 0 Å². The number of anilines is 1. The third-order valence-electron chi connectivity index (χ3n) is 4.88. The van der Waals surface area contributed by atoms with Crippen molar-refractivity contribution >= 4 is 5.69 Å². The Hall–Kier alpha value is -3.06. The molecule has 0 unspecified atom stereocenters. The number of nitrogens with zero attached hydrogens (tertiary/aromatic N) is 3. The molecule has 2 aromatic carbocycles. The molecule has 1 aromatic heterocycles. The van der Waals surface area contributed by atoms with Crippen molar-refractivity contribution in [2.75, 3.05) is 18.4 Å². The lowest BCUT2D eigenvalue weighted by atomic mass is 10.0. The van der Waals surface area contributed by atoms with Gasteiger partial charge in [-0.3, -0.25) is 4.90 Å². The van der Waals surface area contributed by atoms with Crippen molar-refractivity contribution in [2.45, 2.75) is 25.4 Å². The van der Waals surface area contributed by atoms with Crippen LogP contribution in [0.5, 0.6) is 11.8 Å². The molecule has 0 amide bonds. The number of likely N-dealkylation sites (tertiary alicyclic amines) is 1. The third-order valence-corrected chi connectivity index (χ3v) is 4.88. The van der Waals surface area contributed by atoms with Crippen molar-refractivity contribution < 1.29 is 13.5 Å². The van der Waals surface area contributed by atoms with Gasteiger partial charge >= 0.3 is 6.01 Å². The lowest BCUT2D eigenvalue weighted by Gasteiger charge is -2.33. The van der Waals surface area contributed by atoms with Gasteiger partial charge in [-0.15, -0.1) is 0 Å². The summed E-state index contributed by atoms with van der Waals surface area (Å²) in [6, 6.07) is 14.1. The van der Waals surface area contributed by atoms with Crippen LogP contribution in [0.1, 0.15) is 18.4 Å². The average molecular weight is 396 g/mol. The molecule has 29 heavy (non-hydrogen) atoms. The summed E-state index contributed by atoms with van der Waals surface area (Å²) in [5.74, 6) is -0.963. The highest BCUT2D eigenvalue weighted by atomic mass is 19.2. The van der Waals surface area contributed by atoms with E-state index in [4.69, 9.17) is 4.74 Å². The summed E-state index contributed by atoms with van der Waals surface area (Å²) < 4.78 is 32.2. The van der Waals surface area contributed by atoms with Crippen molar-refractivity contribution in [1.29, 1.82) is 0 Å². The molecule has 0 saturated carbocycles. The number of rotatable bonds is 6. The van der Waals surface area contributed by atoms with E-state index < -0.39 is 11.6 Å². The van der Waals surface area contributed by atoms with Crippen molar-refractivity contribution in [2.24, 2.45) is 0 Å². The summed E-state index contributed by atoms with van der Waals surface area (Å²) in [6.07, 6.45) is 5.32. The lowest BCUT2D eigenvalue weighted by molar-refractivity contribution is 0.208. The highest BCUT2D eigenvalue weighted by Crippen LogP contribution is 2.22. The van der Waals surface area contributed by atoms with Crippen LogP contribution >= 0.6 is 0 Å². The first-order valence-electron chi connectivity index (χ1n) is 9.63. The maximum Gasteiger partial charge on any atom is 0.321 e. The molecule has 0 bridgehead atoms. The van der Waals surface area contributed by atoms with Crippen molar-refractivity contribution in [3.05, 3.63) is 78.1 Å². The van der Waals surface area contributed by atoms with Crippen LogP contribution in [0.2, 0.25) is 0 Å². The predicted molar refractivity (Wildman–Crippen MR) is 107 cm³/mol. The van der Waals surface area contributed by atoms with Gasteiger partial charge in [-0.1, -0.05) is 12.1 Å². The van der Waals surface area contributed by atoms with Crippen LogP contribution in [0, 0.1) is 11.6 Å². The standard InChI is InChI=1S/C22H22F2N4O/c23-20-9-6-17(13-21(20)24)27-18-3-1-12-28(15-18)14-16-4-7-19(8-5-16)29-22-25-10-2-11-26-22/h2,4-11,13,18,27H,1,3,12,14-15H2/t18-/m0/s1. The summed E-state index contributed by atoms with van der Waals surface area (Å²) in [5, 5.41) is 3.32. The predicted octanol–water partition coefficient (Wildman–Crippen LogP) is 4.62. The Balaban J connectivity index is 1.32. The largest absolute Gasteiger partial charge is 0.424 e. The molecule has 1 atom stereocenters. The maximum absolute atomic E-state index is 13.4. The van der Waals surface area contributed by atoms with Crippen molar-refractivity contribution in [3.63, 3.8) is 0 Å². The molecule has 0 spiro atoms. The summed E-state index contributed by atoms with van der Waals surface area (Å²) in [5.41, 5.74) is 1.79. The minimum absolute atomic E-state index is 0.200. The quantitative estimate of drug-likeness (QED) is 0.659. The van der Waals surface area contributed by atoms with Gasteiger partial charge in [0, 0.05) is 43.3 Å². The van der Waals surface area contributed by atoms with E-state index in [0.29, 0.717) is 17.4 Å². The molecule has 1 saturated heterocycles. The second-order valence-corrected chi connectivity index (χ2v) is 7.12. The zero-order valence-corrected chi connectivity index (χ0v) is 15.9. The van der Waals surface area contributed by atoms with Crippen molar-refractivity contribution in [3.8, 4) is 11.8 Å². The van der Waals surface area contributed by atoms with Crippen LogP contribution in [0.15, 0.2) is 60.9 Å². The van der Waals surface area contributed by atoms with Gasteiger partial charge in [-0.25, -0.2) is 18.7 Å². The molecule has 1 aliphatic rings. The van der Waals surface area contributed by atoms with E-state index in [1.807, 2.05) is 24.3 Å². The van der Waals surface area contributed by atoms with Gasteiger partial charge in [-0.05, 0) is 55.3 Å². The molecular weight excluding hydrogens is 374 g/mol. The first-order valence-corrected chi connectivity index (χ1v) is 9.63. The molecule has 4 rings (SSSR count). The zero-order chi connectivity index (χ0) is 20.1. The van der Waals surface area contributed by atoms with Crippen LogP contribution in [0.3, 0.4) is 0 Å². The SMILES string of the molecule is Fc1ccc(N[C@H]2CCCN(Cc3ccc(Oc4ncccn4)cc3)C2)cc1F. The van der Waals surface area contributed by atoms with E-state index in [0.717, 1.165) is 38.5 Å². The Morgan fingerprint density at radius 2 is 1.83 bits per heavy atom. The molecule has 1 aliphatic heterocycles. The van der Waals surface area contributed by atoms with Crippen LogP contribution in [0.4, 0.5) is 14.5 Å². The van der Waals surface area contributed by atoms with E-state index >= 15 is 0 Å².